The molecule has 0 aromatic heterocycles. The van der Waals surface area contributed by atoms with Gasteiger partial charge in [-0.1, -0.05) is 27.2 Å². The highest BCUT2D eigenvalue weighted by Crippen LogP contribution is 2.39. The second-order valence-electron chi connectivity index (χ2n) is 6.52. The number of carbonyl (C=O) groups is 1. The van der Waals surface area contributed by atoms with Gasteiger partial charge in [0.05, 0.1) is 5.41 Å². The standard InChI is InChI=1S/C16H32N2O/c1-5-13(3)11-18(6-2)15(19)16(12-17)9-7-14(4)8-10-16/h13-14H,5-12,17H2,1-4H3. The zero-order chi connectivity index (χ0) is 14.5. The van der Waals surface area contributed by atoms with Crippen molar-refractivity contribution in [2.24, 2.45) is 23.0 Å². The maximum atomic E-state index is 12.9. The lowest BCUT2D eigenvalue weighted by Gasteiger charge is -2.41. The minimum atomic E-state index is -0.268. The third-order valence-corrected chi connectivity index (χ3v) is 4.97. The van der Waals surface area contributed by atoms with Crippen LogP contribution < -0.4 is 5.73 Å². The Morgan fingerprint density at radius 3 is 2.37 bits per heavy atom. The number of nitrogens with two attached hydrogens (primary N) is 1. The quantitative estimate of drug-likeness (QED) is 0.805. The molecular weight excluding hydrogens is 236 g/mol. The largest absolute Gasteiger partial charge is 0.342 e. The highest BCUT2D eigenvalue weighted by molar-refractivity contribution is 5.83. The third kappa shape index (κ3) is 3.95. The van der Waals surface area contributed by atoms with E-state index in [0.717, 1.165) is 51.1 Å². The van der Waals surface area contributed by atoms with Crippen LogP contribution in [0, 0.1) is 17.3 Å². The van der Waals surface area contributed by atoms with Crippen molar-refractivity contribution in [3.63, 3.8) is 0 Å². The van der Waals surface area contributed by atoms with Crippen molar-refractivity contribution in [1.29, 1.82) is 0 Å². The highest BCUT2D eigenvalue weighted by Gasteiger charge is 2.41. The molecule has 2 N–H and O–H groups in total. The minimum absolute atomic E-state index is 0.268. The van der Waals surface area contributed by atoms with E-state index in [9.17, 15) is 4.79 Å². The van der Waals surface area contributed by atoms with Gasteiger partial charge in [-0.3, -0.25) is 4.79 Å². The lowest BCUT2D eigenvalue weighted by molar-refractivity contribution is -0.144. The smallest absolute Gasteiger partial charge is 0.230 e. The van der Waals surface area contributed by atoms with Gasteiger partial charge in [0.1, 0.15) is 0 Å². The molecule has 0 spiro atoms. The molecule has 1 rings (SSSR count). The average molecular weight is 268 g/mol. The van der Waals surface area contributed by atoms with Gasteiger partial charge < -0.3 is 10.6 Å². The van der Waals surface area contributed by atoms with Gasteiger partial charge in [-0.05, 0) is 44.4 Å². The van der Waals surface area contributed by atoms with Crippen molar-refractivity contribution in [2.75, 3.05) is 19.6 Å². The number of rotatable bonds is 6. The van der Waals surface area contributed by atoms with E-state index in [1.54, 1.807) is 0 Å². The van der Waals surface area contributed by atoms with E-state index < -0.39 is 0 Å². The summed E-state index contributed by atoms with van der Waals surface area (Å²) in [5.41, 5.74) is 5.73. The van der Waals surface area contributed by atoms with E-state index in [2.05, 4.69) is 27.7 Å². The first-order valence-electron chi connectivity index (χ1n) is 7.98. The summed E-state index contributed by atoms with van der Waals surface area (Å²) >= 11 is 0. The topological polar surface area (TPSA) is 46.3 Å². The molecule has 0 radical (unpaired) electrons. The van der Waals surface area contributed by atoms with Gasteiger partial charge in [-0.2, -0.15) is 0 Å². The maximum absolute atomic E-state index is 12.9. The normalized spacial score (nSPS) is 29.0. The molecule has 1 amide bonds. The fraction of sp³-hybridized carbons (Fsp3) is 0.938. The summed E-state index contributed by atoms with van der Waals surface area (Å²) in [6.07, 6.45) is 5.35. The molecule has 3 heteroatoms. The van der Waals surface area contributed by atoms with Crippen LogP contribution in [0.4, 0.5) is 0 Å². The molecule has 0 aromatic carbocycles. The number of hydrogen-bond donors (Lipinski definition) is 1. The van der Waals surface area contributed by atoms with Crippen molar-refractivity contribution < 1.29 is 4.79 Å². The van der Waals surface area contributed by atoms with Crippen LogP contribution in [0.3, 0.4) is 0 Å². The van der Waals surface area contributed by atoms with Crippen molar-refractivity contribution >= 4 is 5.91 Å². The van der Waals surface area contributed by atoms with Gasteiger partial charge in [-0.25, -0.2) is 0 Å². The summed E-state index contributed by atoms with van der Waals surface area (Å²) in [5.74, 6) is 1.63. The Hall–Kier alpha value is -0.570. The molecule has 0 heterocycles. The van der Waals surface area contributed by atoms with Crippen LogP contribution in [0.2, 0.25) is 0 Å². The lowest BCUT2D eigenvalue weighted by Crippen LogP contribution is -2.50. The Morgan fingerprint density at radius 1 is 1.37 bits per heavy atom. The SMILES string of the molecule is CCC(C)CN(CC)C(=O)C1(CN)CCC(C)CC1. The summed E-state index contributed by atoms with van der Waals surface area (Å²) in [7, 11) is 0. The Bertz CT molecular complexity index is 282. The zero-order valence-corrected chi connectivity index (χ0v) is 13.2. The molecule has 1 atom stereocenters. The highest BCUT2D eigenvalue weighted by atomic mass is 16.2. The average Bonchev–Trinajstić information content (AvgIpc) is 2.45. The monoisotopic (exact) mass is 268 g/mol. The molecule has 19 heavy (non-hydrogen) atoms. The minimum Gasteiger partial charge on any atom is -0.342 e. The molecule has 1 unspecified atom stereocenters. The van der Waals surface area contributed by atoms with Crippen molar-refractivity contribution in [1.82, 2.24) is 4.90 Å². The van der Waals surface area contributed by atoms with Gasteiger partial charge in [0.25, 0.3) is 0 Å². The Kier molecular flexibility index (Phi) is 6.31. The van der Waals surface area contributed by atoms with Gasteiger partial charge >= 0.3 is 0 Å². The number of hydrogen-bond acceptors (Lipinski definition) is 2. The number of amides is 1. The first-order chi connectivity index (χ1) is 8.99. The van der Waals surface area contributed by atoms with E-state index in [-0.39, 0.29) is 5.41 Å². The van der Waals surface area contributed by atoms with Crippen LogP contribution in [0.1, 0.15) is 59.8 Å². The molecular formula is C16H32N2O. The molecule has 1 aliphatic rings. The van der Waals surface area contributed by atoms with E-state index in [0.29, 0.717) is 18.4 Å². The van der Waals surface area contributed by atoms with Gasteiger partial charge in [0, 0.05) is 19.6 Å². The van der Waals surface area contributed by atoms with Gasteiger partial charge in [-0.15, -0.1) is 0 Å². The van der Waals surface area contributed by atoms with E-state index in [1.807, 2.05) is 4.90 Å². The number of nitrogens with zero attached hydrogens (tertiary/aromatic N) is 1. The summed E-state index contributed by atoms with van der Waals surface area (Å²) in [6, 6.07) is 0. The molecule has 0 saturated heterocycles. The first kappa shape index (κ1) is 16.5. The molecule has 0 aliphatic heterocycles. The van der Waals surface area contributed by atoms with Gasteiger partial charge in [0.2, 0.25) is 5.91 Å². The molecule has 1 saturated carbocycles. The zero-order valence-electron chi connectivity index (χ0n) is 13.2. The van der Waals surface area contributed by atoms with Crippen molar-refractivity contribution in [2.45, 2.75) is 59.8 Å². The van der Waals surface area contributed by atoms with Crippen LogP contribution in [-0.4, -0.2) is 30.4 Å². The first-order valence-corrected chi connectivity index (χ1v) is 7.98. The van der Waals surface area contributed by atoms with Crippen LogP contribution >= 0.6 is 0 Å². The molecule has 112 valence electrons. The number of carbonyl (C=O) groups excluding carboxylic acids is 1. The van der Waals surface area contributed by atoms with Crippen molar-refractivity contribution in [3.8, 4) is 0 Å². The molecule has 1 fully saturated rings. The summed E-state index contributed by atoms with van der Waals surface area (Å²) in [4.78, 5) is 14.9. The van der Waals surface area contributed by atoms with Gasteiger partial charge in [0.15, 0.2) is 0 Å². The molecule has 0 bridgehead atoms. The van der Waals surface area contributed by atoms with E-state index in [1.165, 1.54) is 0 Å². The lowest BCUT2D eigenvalue weighted by atomic mass is 9.70. The Labute approximate surface area is 118 Å². The van der Waals surface area contributed by atoms with Crippen molar-refractivity contribution in [3.05, 3.63) is 0 Å². The predicted molar refractivity (Wildman–Crippen MR) is 80.8 cm³/mol. The third-order valence-electron chi connectivity index (χ3n) is 4.97. The summed E-state index contributed by atoms with van der Waals surface area (Å²) in [6.45, 7) is 11.0. The second-order valence-corrected chi connectivity index (χ2v) is 6.52. The second kappa shape index (κ2) is 7.28. The van der Waals surface area contributed by atoms with Crippen LogP contribution in [0.5, 0.6) is 0 Å². The molecule has 1 aliphatic carbocycles. The summed E-state index contributed by atoms with van der Waals surface area (Å²) < 4.78 is 0. The summed E-state index contributed by atoms with van der Waals surface area (Å²) in [5, 5.41) is 0. The van der Waals surface area contributed by atoms with Crippen LogP contribution in [0.25, 0.3) is 0 Å². The Balaban J connectivity index is 2.75. The molecule has 0 aromatic rings. The fourth-order valence-corrected chi connectivity index (χ4v) is 3.02. The predicted octanol–water partition coefficient (Wildman–Crippen LogP) is 3.04. The molecule has 3 nitrogen and oxygen atoms in total. The van der Waals surface area contributed by atoms with E-state index >= 15 is 0 Å². The maximum Gasteiger partial charge on any atom is 0.230 e. The Morgan fingerprint density at radius 2 is 1.95 bits per heavy atom. The fourth-order valence-electron chi connectivity index (χ4n) is 3.02. The van der Waals surface area contributed by atoms with Crippen LogP contribution in [-0.2, 0) is 4.79 Å². The van der Waals surface area contributed by atoms with E-state index in [4.69, 9.17) is 5.73 Å². The van der Waals surface area contributed by atoms with Crippen LogP contribution in [0.15, 0.2) is 0 Å².